The van der Waals surface area contributed by atoms with E-state index in [0.717, 1.165) is 18.7 Å². The van der Waals surface area contributed by atoms with E-state index in [9.17, 15) is 13.2 Å². The maximum atomic E-state index is 12.6. The molecule has 0 radical (unpaired) electrons. The highest BCUT2D eigenvalue weighted by Crippen LogP contribution is 2.34. The van der Waals surface area contributed by atoms with Gasteiger partial charge in [0.2, 0.25) is 5.82 Å². The lowest BCUT2D eigenvalue weighted by Crippen LogP contribution is -2.18. The van der Waals surface area contributed by atoms with E-state index in [1.807, 2.05) is 25.1 Å². The minimum Gasteiger partial charge on any atom is -0.405 e. The van der Waals surface area contributed by atoms with Gasteiger partial charge in [-0.1, -0.05) is 17.3 Å². The summed E-state index contributed by atoms with van der Waals surface area (Å²) in [5, 5.41) is 3.84. The number of ether oxygens (including phenoxy) is 1. The summed E-state index contributed by atoms with van der Waals surface area (Å²) >= 11 is 0. The smallest absolute Gasteiger partial charge is 0.405 e. The molecule has 5 nitrogen and oxygen atoms in total. The summed E-state index contributed by atoms with van der Waals surface area (Å²) in [6, 6.07) is 11.6. The predicted molar refractivity (Wildman–Crippen MR) is 98.0 cm³/mol. The highest BCUT2D eigenvalue weighted by molar-refractivity contribution is 5.68. The van der Waals surface area contributed by atoms with Crippen molar-refractivity contribution in [3.63, 3.8) is 0 Å². The molecule has 1 fully saturated rings. The Kier molecular flexibility index (Phi) is 4.70. The lowest BCUT2D eigenvalue weighted by Gasteiger charge is -2.20. The SMILES string of the molecule is Cc1cc(-c2nc(-c3ccccc3OC(F)(F)F)no2)ccc1N1CCCC1. The lowest BCUT2D eigenvalue weighted by molar-refractivity contribution is -0.274. The van der Waals surface area contributed by atoms with E-state index < -0.39 is 6.36 Å². The van der Waals surface area contributed by atoms with Crippen molar-refractivity contribution in [2.24, 2.45) is 0 Å². The van der Waals surface area contributed by atoms with Crippen molar-refractivity contribution in [2.45, 2.75) is 26.1 Å². The molecule has 1 aliphatic rings. The van der Waals surface area contributed by atoms with Gasteiger partial charge in [0.25, 0.3) is 5.89 Å². The third-order valence-corrected chi connectivity index (χ3v) is 4.67. The molecule has 0 bridgehead atoms. The average molecular weight is 389 g/mol. The first kappa shape index (κ1) is 18.3. The van der Waals surface area contributed by atoms with Gasteiger partial charge < -0.3 is 14.2 Å². The number of alkyl halides is 3. The van der Waals surface area contributed by atoms with E-state index in [-0.39, 0.29) is 23.0 Å². The number of para-hydroxylation sites is 1. The maximum Gasteiger partial charge on any atom is 0.573 e. The van der Waals surface area contributed by atoms with Crippen molar-refractivity contribution in [3.8, 4) is 28.6 Å². The second kappa shape index (κ2) is 7.18. The Labute approximate surface area is 159 Å². The van der Waals surface area contributed by atoms with Crippen LogP contribution in [-0.2, 0) is 0 Å². The molecule has 2 aromatic carbocycles. The molecule has 8 heteroatoms. The third kappa shape index (κ3) is 3.81. The Balaban J connectivity index is 1.63. The summed E-state index contributed by atoms with van der Waals surface area (Å²) in [7, 11) is 0. The van der Waals surface area contributed by atoms with E-state index >= 15 is 0 Å². The van der Waals surface area contributed by atoms with Gasteiger partial charge in [-0.2, -0.15) is 4.98 Å². The Hall–Kier alpha value is -3.03. The minimum atomic E-state index is -4.80. The summed E-state index contributed by atoms with van der Waals surface area (Å²) in [4.78, 5) is 6.61. The summed E-state index contributed by atoms with van der Waals surface area (Å²) in [5.74, 6) is -0.0908. The lowest BCUT2D eigenvalue weighted by atomic mass is 10.1. The van der Waals surface area contributed by atoms with E-state index in [4.69, 9.17) is 4.52 Å². The molecule has 0 atom stereocenters. The molecule has 0 spiro atoms. The van der Waals surface area contributed by atoms with Gasteiger partial charge in [-0.15, -0.1) is 13.2 Å². The second-order valence-corrected chi connectivity index (χ2v) is 6.66. The summed E-state index contributed by atoms with van der Waals surface area (Å²) in [6.07, 6.45) is -2.42. The average Bonchev–Trinajstić information content (AvgIpc) is 3.33. The zero-order chi connectivity index (χ0) is 19.7. The fourth-order valence-corrected chi connectivity index (χ4v) is 3.42. The second-order valence-electron chi connectivity index (χ2n) is 6.66. The Morgan fingerprint density at radius 1 is 1.07 bits per heavy atom. The van der Waals surface area contributed by atoms with Crippen LogP contribution in [0.3, 0.4) is 0 Å². The summed E-state index contributed by atoms with van der Waals surface area (Å²) in [6.45, 7) is 4.10. The molecule has 0 aliphatic carbocycles. The van der Waals surface area contributed by atoms with Gasteiger partial charge in [0.05, 0.1) is 5.56 Å². The van der Waals surface area contributed by atoms with Crippen LogP contribution >= 0.6 is 0 Å². The Morgan fingerprint density at radius 2 is 1.82 bits per heavy atom. The molecule has 4 rings (SSSR count). The highest BCUT2D eigenvalue weighted by atomic mass is 19.4. The predicted octanol–water partition coefficient (Wildman–Crippen LogP) is 5.21. The van der Waals surface area contributed by atoms with Crippen molar-refractivity contribution in [3.05, 3.63) is 48.0 Å². The van der Waals surface area contributed by atoms with Gasteiger partial charge in [0.15, 0.2) is 0 Å². The number of hydrogen-bond donors (Lipinski definition) is 0. The number of aryl methyl sites for hydroxylation is 1. The number of anilines is 1. The monoisotopic (exact) mass is 389 g/mol. The van der Waals surface area contributed by atoms with Crippen molar-refractivity contribution in [1.82, 2.24) is 10.1 Å². The van der Waals surface area contributed by atoms with Crippen LogP contribution in [-0.4, -0.2) is 29.6 Å². The number of rotatable bonds is 4. The van der Waals surface area contributed by atoms with E-state index in [2.05, 4.69) is 19.8 Å². The molecule has 1 aromatic heterocycles. The quantitative estimate of drug-likeness (QED) is 0.613. The third-order valence-electron chi connectivity index (χ3n) is 4.67. The number of nitrogens with zero attached hydrogens (tertiary/aromatic N) is 3. The molecule has 146 valence electrons. The van der Waals surface area contributed by atoms with Crippen molar-refractivity contribution in [2.75, 3.05) is 18.0 Å². The van der Waals surface area contributed by atoms with Crippen LogP contribution in [0.4, 0.5) is 18.9 Å². The molecule has 0 unspecified atom stereocenters. The number of benzene rings is 2. The molecule has 0 N–H and O–H groups in total. The number of aromatic nitrogens is 2. The molecule has 1 saturated heterocycles. The van der Waals surface area contributed by atoms with Crippen LogP contribution in [0.5, 0.6) is 5.75 Å². The van der Waals surface area contributed by atoms with Crippen molar-refractivity contribution < 1.29 is 22.4 Å². The highest BCUT2D eigenvalue weighted by Gasteiger charge is 2.32. The molecule has 1 aliphatic heterocycles. The topological polar surface area (TPSA) is 51.4 Å². The van der Waals surface area contributed by atoms with Crippen molar-refractivity contribution in [1.29, 1.82) is 0 Å². The van der Waals surface area contributed by atoms with Gasteiger partial charge in [0, 0.05) is 24.3 Å². The Morgan fingerprint density at radius 3 is 2.54 bits per heavy atom. The zero-order valence-electron chi connectivity index (χ0n) is 15.2. The normalized spacial score (nSPS) is 14.5. The molecule has 3 aromatic rings. The van der Waals surface area contributed by atoms with Crippen LogP contribution in [0.2, 0.25) is 0 Å². The van der Waals surface area contributed by atoms with Crippen LogP contribution < -0.4 is 9.64 Å². The minimum absolute atomic E-state index is 0.0381. The van der Waals surface area contributed by atoms with Gasteiger partial charge in [-0.25, -0.2) is 0 Å². The summed E-state index contributed by atoms with van der Waals surface area (Å²) < 4.78 is 47.2. The van der Waals surface area contributed by atoms with Crippen LogP contribution in [0.25, 0.3) is 22.8 Å². The first-order valence-corrected chi connectivity index (χ1v) is 8.95. The maximum absolute atomic E-state index is 12.6. The molecular formula is C20H18F3N3O2. The fraction of sp³-hybridized carbons (Fsp3) is 0.300. The molecule has 28 heavy (non-hydrogen) atoms. The van der Waals surface area contributed by atoms with E-state index in [0.29, 0.717) is 5.56 Å². The van der Waals surface area contributed by atoms with Crippen LogP contribution in [0.15, 0.2) is 47.0 Å². The van der Waals surface area contributed by atoms with E-state index in [1.165, 1.54) is 36.7 Å². The number of hydrogen-bond acceptors (Lipinski definition) is 5. The van der Waals surface area contributed by atoms with Gasteiger partial charge >= 0.3 is 6.36 Å². The molecule has 2 heterocycles. The molecule has 0 saturated carbocycles. The van der Waals surface area contributed by atoms with Gasteiger partial charge in [0.1, 0.15) is 5.75 Å². The van der Waals surface area contributed by atoms with Crippen LogP contribution in [0, 0.1) is 6.92 Å². The zero-order valence-corrected chi connectivity index (χ0v) is 15.2. The summed E-state index contributed by atoms with van der Waals surface area (Å²) in [5.41, 5.74) is 3.08. The van der Waals surface area contributed by atoms with Gasteiger partial charge in [-0.05, 0) is 55.7 Å². The molecular weight excluding hydrogens is 371 g/mol. The standard InChI is InChI=1S/C20H18F3N3O2/c1-13-12-14(8-9-16(13)26-10-4-5-11-26)19-24-18(25-28-19)15-6-2-3-7-17(15)27-20(21,22)23/h2-3,6-9,12H,4-5,10-11H2,1H3. The van der Waals surface area contributed by atoms with Crippen LogP contribution in [0.1, 0.15) is 18.4 Å². The number of halogens is 3. The largest absolute Gasteiger partial charge is 0.573 e. The first-order valence-electron chi connectivity index (χ1n) is 8.95. The first-order chi connectivity index (χ1) is 13.4. The molecule has 0 amide bonds. The van der Waals surface area contributed by atoms with Gasteiger partial charge in [-0.3, -0.25) is 0 Å². The Bertz CT molecular complexity index is 979. The van der Waals surface area contributed by atoms with E-state index in [1.54, 1.807) is 6.07 Å². The van der Waals surface area contributed by atoms with Crippen molar-refractivity contribution >= 4 is 5.69 Å². The fourth-order valence-electron chi connectivity index (χ4n) is 3.42.